The smallest absolute Gasteiger partial charge is 0.128 e. The third-order valence-corrected chi connectivity index (χ3v) is 9.24. The lowest BCUT2D eigenvalue weighted by molar-refractivity contribution is 0.466. The number of alkyl halides is 1. The zero-order valence-corrected chi connectivity index (χ0v) is 18.2. The molecule has 0 bridgehead atoms. The zero-order valence-electron chi connectivity index (χ0n) is 17.4. The number of anilines is 1. The maximum Gasteiger partial charge on any atom is 0.128 e. The SMILES string of the molecule is CCc1cc(C#CCC(C)CNC(C)CS(C)(CC)C(C)F)ccc1N. The Morgan fingerprint density at radius 3 is 2.50 bits per heavy atom. The van der Waals surface area contributed by atoms with Gasteiger partial charge in [0, 0.05) is 23.7 Å². The van der Waals surface area contributed by atoms with Crippen LogP contribution < -0.4 is 11.1 Å². The lowest BCUT2D eigenvalue weighted by atomic mass is 10.1. The molecule has 0 aliphatic heterocycles. The molecule has 26 heavy (non-hydrogen) atoms. The van der Waals surface area contributed by atoms with Crippen molar-refractivity contribution in [2.75, 3.05) is 30.0 Å². The van der Waals surface area contributed by atoms with Crippen molar-refractivity contribution < 1.29 is 4.39 Å². The molecule has 0 spiro atoms. The summed E-state index contributed by atoms with van der Waals surface area (Å²) in [4.78, 5) is 0. The molecule has 0 heterocycles. The lowest BCUT2D eigenvalue weighted by Gasteiger charge is -2.39. The van der Waals surface area contributed by atoms with E-state index in [0.717, 1.165) is 47.7 Å². The van der Waals surface area contributed by atoms with E-state index < -0.39 is 15.5 Å². The van der Waals surface area contributed by atoms with Crippen LogP contribution in [0.5, 0.6) is 0 Å². The largest absolute Gasteiger partial charge is 0.399 e. The van der Waals surface area contributed by atoms with E-state index in [-0.39, 0.29) is 0 Å². The minimum Gasteiger partial charge on any atom is -0.399 e. The van der Waals surface area contributed by atoms with E-state index in [1.165, 1.54) is 0 Å². The van der Waals surface area contributed by atoms with E-state index in [0.29, 0.717) is 12.0 Å². The van der Waals surface area contributed by atoms with Gasteiger partial charge in [0.2, 0.25) is 0 Å². The number of halogens is 1. The van der Waals surface area contributed by atoms with Crippen LogP contribution in [0.4, 0.5) is 10.1 Å². The number of nitrogen functional groups attached to an aromatic ring is 1. The molecule has 0 saturated heterocycles. The second kappa shape index (κ2) is 10.8. The molecule has 0 saturated carbocycles. The topological polar surface area (TPSA) is 38.0 Å². The molecule has 0 radical (unpaired) electrons. The Morgan fingerprint density at radius 2 is 1.92 bits per heavy atom. The fourth-order valence-electron chi connectivity index (χ4n) is 2.90. The molecule has 0 aliphatic carbocycles. The quantitative estimate of drug-likeness (QED) is 0.469. The summed E-state index contributed by atoms with van der Waals surface area (Å²) in [6.07, 6.45) is 3.90. The highest BCUT2D eigenvalue weighted by Gasteiger charge is 2.25. The number of hydrogen-bond donors (Lipinski definition) is 2. The van der Waals surface area contributed by atoms with Crippen molar-refractivity contribution in [3.05, 3.63) is 29.3 Å². The standard InChI is InChI=1S/C22H37FN2S/c1-7-21-14-20(12-13-22(21)24)11-9-10-17(3)15-25-18(4)16-26(6,8-2)19(5)23/h12-14,17-19,25H,7-8,10,15-16,24H2,1-6H3. The van der Waals surface area contributed by atoms with Crippen molar-refractivity contribution in [3.8, 4) is 11.8 Å². The summed E-state index contributed by atoms with van der Waals surface area (Å²) in [6.45, 7) is 11.2. The average Bonchev–Trinajstić information content (AvgIpc) is 2.61. The van der Waals surface area contributed by atoms with Gasteiger partial charge in [-0.15, -0.1) is 0 Å². The maximum atomic E-state index is 13.9. The second-order valence-corrected chi connectivity index (χ2v) is 11.8. The van der Waals surface area contributed by atoms with Crippen LogP contribution in [0, 0.1) is 17.8 Å². The highest BCUT2D eigenvalue weighted by molar-refractivity contribution is 8.33. The van der Waals surface area contributed by atoms with Crippen LogP contribution >= 0.6 is 10.0 Å². The lowest BCUT2D eigenvalue weighted by Crippen LogP contribution is -2.36. The summed E-state index contributed by atoms with van der Waals surface area (Å²) >= 11 is 0. The summed E-state index contributed by atoms with van der Waals surface area (Å²) in [6, 6.07) is 6.35. The Labute approximate surface area is 161 Å². The highest BCUT2D eigenvalue weighted by Crippen LogP contribution is 2.49. The van der Waals surface area contributed by atoms with Gasteiger partial charge in [0.1, 0.15) is 5.50 Å². The first-order chi connectivity index (χ1) is 12.2. The van der Waals surface area contributed by atoms with Gasteiger partial charge in [-0.1, -0.05) is 32.6 Å². The molecule has 1 rings (SSSR count). The van der Waals surface area contributed by atoms with Gasteiger partial charge < -0.3 is 11.1 Å². The van der Waals surface area contributed by atoms with Crippen LogP contribution in [0.2, 0.25) is 0 Å². The van der Waals surface area contributed by atoms with Gasteiger partial charge in [-0.05, 0) is 74.3 Å². The predicted octanol–water partition coefficient (Wildman–Crippen LogP) is 4.96. The molecule has 4 atom stereocenters. The molecule has 0 aromatic heterocycles. The van der Waals surface area contributed by atoms with Crippen LogP contribution in [0.1, 0.15) is 52.2 Å². The highest BCUT2D eigenvalue weighted by atomic mass is 32.3. The summed E-state index contributed by atoms with van der Waals surface area (Å²) < 4.78 is 13.9. The van der Waals surface area contributed by atoms with Crippen molar-refractivity contribution in [2.45, 2.75) is 59.0 Å². The van der Waals surface area contributed by atoms with E-state index in [4.69, 9.17) is 5.73 Å². The third-order valence-electron chi connectivity index (χ3n) is 5.10. The molecular formula is C22H37FN2S. The molecule has 148 valence electrons. The predicted molar refractivity (Wildman–Crippen MR) is 118 cm³/mol. The molecule has 2 nitrogen and oxygen atoms in total. The van der Waals surface area contributed by atoms with Crippen molar-refractivity contribution in [2.24, 2.45) is 5.92 Å². The summed E-state index contributed by atoms with van der Waals surface area (Å²) in [5, 5.41) is 3.57. The fraction of sp³-hybridized carbons (Fsp3) is 0.636. The number of hydrogen-bond acceptors (Lipinski definition) is 2. The van der Waals surface area contributed by atoms with E-state index in [1.54, 1.807) is 6.92 Å². The Morgan fingerprint density at radius 1 is 1.23 bits per heavy atom. The first kappa shape index (κ1) is 22.9. The van der Waals surface area contributed by atoms with Crippen LogP contribution in [-0.4, -0.2) is 35.9 Å². The Balaban J connectivity index is 2.47. The Hall–Kier alpha value is -1.18. The normalized spacial score (nSPS) is 18.1. The minimum atomic E-state index is -1.17. The van der Waals surface area contributed by atoms with Crippen LogP contribution in [0.25, 0.3) is 0 Å². The third kappa shape index (κ3) is 7.21. The van der Waals surface area contributed by atoms with Crippen molar-refractivity contribution in [1.82, 2.24) is 5.32 Å². The first-order valence-electron chi connectivity index (χ1n) is 9.69. The summed E-state index contributed by atoms with van der Waals surface area (Å²) in [5.41, 5.74) is 8.27. The summed E-state index contributed by atoms with van der Waals surface area (Å²) in [5.74, 6) is 8.88. The molecule has 0 amide bonds. The molecule has 1 aromatic rings. The van der Waals surface area contributed by atoms with E-state index >= 15 is 0 Å². The van der Waals surface area contributed by atoms with Crippen molar-refractivity contribution in [1.29, 1.82) is 0 Å². The number of nitrogens with two attached hydrogens (primary N) is 1. The summed E-state index contributed by atoms with van der Waals surface area (Å²) in [7, 11) is -1.17. The van der Waals surface area contributed by atoms with Gasteiger partial charge in [0.15, 0.2) is 0 Å². The molecule has 4 unspecified atom stereocenters. The van der Waals surface area contributed by atoms with Gasteiger partial charge in [0.05, 0.1) is 0 Å². The van der Waals surface area contributed by atoms with Crippen LogP contribution in [0.15, 0.2) is 18.2 Å². The van der Waals surface area contributed by atoms with Gasteiger partial charge in [-0.3, -0.25) is 0 Å². The van der Waals surface area contributed by atoms with Gasteiger partial charge in [0.25, 0.3) is 0 Å². The van der Waals surface area contributed by atoms with Gasteiger partial charge >= 0.3 is 0 Å². The molecule has 1 aromatic carbocycles. The van der Waals surface area contributed by atoms with Gasteiger partial charge in [-0.25, -0.2) is 14.4 Å². The van der Waals surface area contributed by atoms with E-state index in [9.17, 15) is 4.39 Å². The number of benzene rings is 1. The zero-order chi connectivity index (χ0) is 19.7. The average molecular weight is 381 g/mol. The minimum absolute atomic E-state index is 0.341. The molecule has 0 aliphatic rings. The Kier molecular flexibility index (Phi) is 9.54. The Bertz CT molecular complexity index is 620. The number of aryl methyl sites for hydroxylation is 1. The number of rotatable bonds is 9. The molecule has 3 N–H and O–H groups in total. The molecule has 4 heteroatoms. The van der Waals surface area contributed by atoms with E-state index in [1.807, 2.05) is 12.1 Å². The first-order valence-corrected chi connectivity index (χ1v) is 12.1. The fourth-order valence-corrected chi connectivity index (χ4v) is 5.12. The monoisotopic (exact) mass is 380 g/mol. The molecule has 0 fully saturated rings. The number of nitrogens with one attached hydrogen (secondary N) is 1. The molecular weight excluding hydrogens is 343 g/mol. The maximum absolute atomic E-state index is 13.9. The second-order valence-electron chi connectivity index (χ2n) is 7.54. The van der Waals surface area contributed by atoms with Crippen LogP contribution in [-0.2, 0) is 6.42 Å². The van der Waals surface area contributed by atoms with Crippen molar-refractivity contribution >= 4 is 15.7 Å². The van der Waals surface area contributed by atoms with Crippen LogP contribution in [0.3, 0.4) is 0 Å². The van der Waals surface area contributed by atoms with Gasteiger partial charge in [-0.2, -0.15) is 0 Å². The van der Waals surface area contributed by atoms with E-state index in [2.05, 4.69) is 57.2 Å². The van der Waals surface area contributed by atoms with Crippen molar-refractivity contribution in [3.63, 3.8) is 0 Å².